The molecule has 2 aromatic heterocycles. The van der Waals surface area contributed by atoms with Crippen molar-refractivity contribution >= 4 is 34.3 Å². The van der Waals surface area contributed by atoms with Gasteiger partial charge in [-0.1, -0.05) is 23.4 Å². The Balaban J connectivity index is 1.60. The summed E-state index contributed by atoms with van der Waals surface area (Å²) in [7, 11) is 0. The molecule has 136 valence electrons. The summed E-state index contributed by atoms with van der Waals surface area (Å²) in [4.78, 5) is 11.9. The van der Waals surface area contributed by atoms with E-state index in [1.807, 2.05) is 38.1 Å². The van der Waals surface area contributed by atoms with E-state index in [0.717, 1.165) is 27.6 Å². The molecule has 5 nitrogen and oxygen atoms in total. The van der Waals surface area contributed by atoms with Crippen LogP contribution in [0, 0.1) is 13.8 Å². The van der Waals surface area contributed by atoms with Crippen molar-refractivity contribution in [2.45, 2.75) is 24.8 Å². The zero-order chi connectivity index (χ0) is 19.0. The van der Waals surface area contributed by atoms with Crippen LogP contribution < -0.4 is 5.63 Å². The molecule has 0 aliphatic rings. The van der Waals surface area contributed by atoms with Crippen molar-refractivity contribution in [1.82, 2.24) is 10.2 Å². The SMILES string of the molecule is Cc1cc2oc(=O)cc(CSc3nnc(-c4ccc(Cl)cc4)o3)c2cc1C. The molecule has 0 aliphatic heterocycles. The second-order valence-corrected chi connectivity index (χ2v) is 7.56. The lowest BCUT2D eigenvalue weighted by molar-refractivity contribution is 0.466. The number of fused-ring (bicyclic) bond motifs is 1. The lowest BCUT2D eigenvalue weighted by atomic mass is 10.0. The van der Waals surface area contributed by atoms with Crippen LogP contribution in [0.25, 0.3) is 22.4 Å². The van der Waals surface area contributed by atoms with E-state index in [1.165, 1.54) is 17.8 Å². The molecule has 0 saturated heterocycles. The highest BCUT2D eigenvalue weighted by molar-refractivity contribution is 7.98. The van der Waals surface area contributed by atoms with Gasteiger partial charge in [-0.05, 0) is 66.9 Å². The van der Waals surface area contributed by atoms with Crippen LogP contribution >= 0.6 is 23.4 Å². The van der Waals surface area contributed by atoms with E-state index in [-0.39, 0.29) is 5.63 Å². The molecule has 0 fully saturated rings. The third-order valence-electron chi connectivity index (χ3n) is 4.29. The fraction of sp³-hybridized carbons (Fsp3) is 0.150. The molecule has 27 heavy (non-hydrogen) atoms. The Bertz CT molecular complexity index is 1180. The number of thioether (sulfide) groups is 1. The summed E-state index contributed by atoms with van der Waals surface area (Å²) < 4.78 is 11.0. The largest absolute Gasteiger partial charge is 0.423 e. The first-order valence-electron chi connectivity index (χ1n) is 8.26. The topological polar surface area (TPSA) is 69.1 Å². The molecule has 0 saturated carbocycles. The van der Waals surface area contributed by atoms with Crippen LogP contribution in [-0.2, 0) is 5.75 Å². The first-order chi connectivity index (χ1) is 13.0. The molecule has 4 aromatic rings. The maximum Gasteiger partial charge on any atom is 0.336 e. The van der Waals surface area contributed by atoms with Gasteiger partial charge in [0.05, 0.1) is 0 Å². The molecule has 0 radical (unpaired) electrons. The maximum absolute atomic E-state index is 11.9. The molecule has 0 aliphatic carbocycles. The van der Waals surface area contributed by atoms with Crippen LogP contribution in [0.15, 0.2) is 61.3 Å². The molecular formula is C20H15ClN2O3S. The van der Waals surface area contributed by atoms with Gasteiger partial charge in [0, 0.05) is 27.8 Å². The van der Waals surface area contributed by atoms with Crippen molar-refractivity contribution in [1.29, 1.82) is 0 Å². The van der Waals surface area contributed by atoms with Crippen LogP contribution in [0.1, 0.15) is 16.7 Å². The Hall–Kier alpha value is -2.57. The second-order valence-electron chi connectivity index (χ2n) is 6.19. The molecule has 4 rings (SSSR count). The lowest BCUT2D eigenvalue weighted by Gasteiger charge is -2.07. The molecule has 2 heterocycles. The molecule has 0 atom stereocenters. The van der Waals surface area contributed by atoms with E-state index in [0.29, 0.717) is 27.5 Å². The first kappa shape index (κ1) is 17.8. The minimum atomic E-state index is -0.367. The summed E-state index contributed by atoms with van der Waals surface area (Å²) in [6.07, 6.45) is 0. The van der Waals surface area contributed by atoms with Crippen molar-refractivity contribution in [3.05, 3.63) is 74.6 Å². The third-order valence-corrected chi connectivity index (χ3v) is 5.41. The quantitative estimate of drug-likeness (QED) is 0.338. The van der Waals surface area contributed by atoms with Crippen LogP contribution in [0.4, 0.5) is 0 Å². The summed E-state index contributed by atoms with van der Waals surface area (Å²) >= 11 is 7.28. The first-order valence-corrected chi connectivity index (χ1v) is 9.62. The smallest absolute Gasteiger partial charge is 0.336 e. The minimum absolute atomic E-state index is 0.367. The summed E-state index contributed by atoms with van der Waals surface area (Å²) in [5.74, 6) is 0.949. The number of hydrogen-bond acceptors (Lipinski definition) is 6. The van der Waals surface area contributed by atoms with Crippen molar-refractivity contribution in [3.8, 4) is 11.5 Å². The number of rotatable bonds is 4. The number of aryl methyl sites for hydroxylation is 2. The number of halogens is 1. The highest BCUT2D eigenvalue weighted by Gasteiger charge is 2.12. The van der Waals surface area contributed by atoms with Gasteiger partial charge in [-0.25, -0.2) is 4.79 Å². The predicted octanol–water partition coefficient (Wildman–Crippen LogP) is 5.41. The van der Waals surface area contributed by atoms with Gasteiger partial charge in [-0.15, -0.1) is 10.2 Å². The Morgan fingerprint density at radius 2 is 1.74 bits per heavy atom. The van der Waals surface area contributed by atoms with Gasteiger partial charge in [0.15, 0.2) is 0 Å². The molecular weight excluding hydrogens is 384 g/mol. The van der Waals surface area contributed by atoms with Crippen LogP contribution in [0.3, 0.4) is 0 Å². The number of nitrogens with zero attached hydrogens (tertiary/aromatic N) is 2. The highest BCUT2D eigenvalue weighted by atomic mass is 35.5. The van der Waals surface area contributed by atoms with Gasteiger partial charge in [0.2, 0.25) is 5.89 Å². The van der Waals surface area contributed by atoms with Gasteiger partial charge in [-0.3, -0.25) is 0 Å². The highest BCUT2D eigenvalue weighted by Crippen LogP contribution is 2.29. The predicted molar refractivity (Wildman–Crippen MR) is 106 cm³/mol. The van der Waals surface area contributed by atoms with E-state index in [9.17, 15) is 4.79 Å². The average molecular weight is 399 g/mol. The molecule has 2 aromatic carbocycles. The van der Waals surface area contributed by atoms with Gasteiger partial charge >= 0.3 is 5.63 Å². The van der Waals surface area contributed by atoms with Gasteiger partial charge in [-0.2, -0.15) is 0 Å². The molecule has 0 N–H and O–H groups in total. The van der Waals surface area contributed by atoms with E-state index in [4.69, 9.17) is 20.4 Å². The van der Waals surface area contributed by atoms with E-state index in [1.54, 1.807) is 12.1 Å². The Labute approximate surface area is 164 Å². The average Bonchev–Trinajstić information content (AvgIpc) is 3.11. The van der Waals surface area contributed by atoms with Crippen LogP contribution in [0.5, 0.6) is 0 Å². The van der Waals surface area contributed by atoms with Gasteiger partial charge in [0.1, 0.15) is 5.58 Å². The second kappa shape index (κ2) is 7.21. The minimum Gasteiger partial charge on any atom is -0.423 e. The number of aromatic nitrogens is 2. The van der Waals surface area contributed by atoms with Crippen molar-refractivity contribution in [2.24, 2.45) is 0 Å². The summed E-state index contributed by atoms with van der Waals surface area (Å²) in [6, 6.07) is 12.6. The van der Waals surface area contributed by atoms with Crippen molar-refractivity contribution < 1.29 is 8.83 Å². The number of hydrogen-bond donors (Lipinski definition) is 0. The summed E-state index contributed by atoms with van der Waals surface area (Å²) in [5, 5.41) is 10.2. The Morgan fingerprint density at radius 1 is 1.00 bits per heavy atom. The fourth-order valence-electron chi connectivity index (χ4n) is 2.72. The molecule has 0 amide bonds. The van der Waals surface area contributed by atoms with Gasteiger partial charge in [0.25, 0.3) is 5.22 Å². The summed E-state index contributed by atoms with van der Waals surface area (Å²) in [5.41, 5.74) is 4.13. The third kappa shape index (κ3) is 3.77. The Kier molecular flexibility index (Phi) is 4.76. The van der Waals surface area contributed by atoms with Crippen molar-refractivity contribution in [3.63, 3.8) is 0 Å². The van der Waals surface area contributed by atoms with E-state index in [2.05, 4.69) is 10.2 Å². The molecule has 0 spiro atoms. The van der Waals surface area contributed by atoms with E-state index >= 15 is 0 Å². The maximum atomic E-state index is 11.9. The number of benzene rings is 2. The normalized spacial score (nSPS) is 11.2. The molecule has 0 unspecified atom stereocenters. The lowest BCUT2D eigenvalue weighted by Crippen LogP contribution is -2.00. The molecule has 0 bridgehead atoms. The van der Waals surface area contributed by atoms with Crippen molar-refractivity contribution in [2.75, 3.05) is 0 Å². The van der Waals surface area contributed by atoms with Crippen LogP contribution in [0.2, 0.25) is 5.02 Å². The van der Waals surface area contributed by atoms with Crippen LogP contribution in [-0.4, -0.2) is 10.2 Å². The Morgan fingerprint density at radius 3 is 2.52 bits per heavy atom. The van der Waals surface area contributed by atoms with E-state index < -0.39 is 0 Å². The zero-order valence-corrected chi connectivity index (χ0v) is 16.2. The zero-order valence-electron chi connectivity index (χ0n) is 14.7. The fourth-order valence-corrected chi connectivity index (χ4v) is 3.60. The standard InChI is InChI=1S/C20H15ClN2O3S/c1-11-7-16-14(9-18(24)25-17(16)8-12(11)2)10-27-20-23-22-19(26-20)13-3-5-15(21)6-4-13/h3-9H,10H2,1-2H3. The monoisotopic (exact) mass is 398 g/mol. The molecule has 7 heteroatoms. The summed E-state index contributed by atoms with van der Waals surface area (Å²) in [6.45, 7) is 4.03. The van der Waals surface area contributed by atoms with Gasteiger partial charge < -0.3 is 8.83 Å².